The van der Waals surface area contributed by atoms with Gasteiger partial charge in [-0.1, -0.05) is 0 Å². The average Bonchev–Trinajstić information content (AvgIpc) is 3.47. The quantitative estimate of drug-likeness (QED) is 0.783. The zero-order chi connectivity index (χ0) is 19.3. The lowest BCUT2D eigenvalue weighted by atomic mass is 9.93. The number of aryl methyl sites for hydroxylation is 1. The van der Waals surface area contributed by atoms with Crippen LogP contribution in [0.1, 0.15) is 43.7 Å². The summed E-state index contributed by atoms with van der Waals surface area (Å²) < 4.78 is 17.3. The molecule has 27 heavy (non-hydrogen) atoms. The summed E-state index contributed by atoms with van der Waals surface area (Å²) in [6, 6.07) is 1.27. The molecule has 1 saturated carbocycles. The van der Waals surface area contributed by atoms with Crippen LogP contribution in [-0.2, 0) is 0 Å². The van der Waals surface area contributed by atoms with Crippen LogP contribution in [0.2, 0.25) is 0 Å². The van der Waals surface area contributed by atoms with Gasteiger partial charge in [-0.25, -0.2) is 9.18 Å². The van der Waals surface area contributed by atoms with Crippen molar-refractivity contribution in [2.75, 3.05) is 30.4 Å². The van der Waals surface area contributed by atoms with Crippen LogP contribution in [0.4, 0.5) is 10.1 Å². The minimum atomic E-state index is -0.653. The van der Waals surface area contributed by atoms with E-state index < -0.39 is 17.1 Å². The molecule has 2 aliphatic rings. The molecule has 2 heterocycles. The molecule has 1 aromatic heterocycles. The molecule has 0 spiro atoms. The summed E-state index contributed by atoms with van der Waals surface area (Å²) >= 11 is 0. The predicted octanol–water partition coefficient (Wildman–Crippen LogP) is 1.22. The second-order valence-electron chi connectivity index (χ2n) is 7.82. The van der Waals surface area contributed by atoms with E-state index in [0.717, 1.165) is 45.2 Å². The maximum Gasteiger partial charge on any atom is 0.350 e. The third kappa shape index (κ3) is 2.92. The average molecular weight is 375 g/mol. The van der Waals surface area contributed by atoms with E-state index in [2.05, 4.69) is 0 Å². The summed E-state index contributed by atoms with van der Waals surface area (Å²) in [4.78, 5) is 27.2. The van der Waals surface area contributed by atoms with Crippen molar-refractivity contribution in [2.45, 2.75) is 45.1 Å². The first-order valence-corrected chi connectivity index (χ1v) is 9.64. The Morgan fingerprint density at radius 3 is 2.67 bits per heavy atom. The lowest BCUT2D eigenvalue weighted by Gasteiger charge is -2.35. The van der Waals surface area contributed by atoms with E-state index >= 15 is 4.39 Å². The number of benzene rings is 1. The third-order valence-corrected chi connectivity index (χ3v) is 5.89. The Morgan fingerprint density at radius 1 is 1.26 bits per heavy atom. The highest BCUT2D eigenvalue weighted by Crippen LogP contribution is 2.39. The monoisotopic (exact) mass is 375 g/mol. The van der Waals surface area contributed by atoms with Gasteiger partial charge in [-0.2, -0.15) is 4.68 Å². The Labute approximate surface area is 156 Å². The molecule has 1 saturated heterocycles. The van der Waals surface area contributed by atoms with E-state index in [-0.39, 0.29) is 11.4 Å². The standard InChI is InChI=1S/C19H26FN5O2/c1-11-16-14(18(26)25(22)19(27)24(16)13-4-5-13)9-15(20)17(11)23-8-2-3-12(10-23)6-7-21/h9,12-13H,2-8,10,21-22H2,1H3. The smallest absolute Gasteiger partial charge is 0.350 e. The normalized spacial score (nSPS) is 20.4. The summed E-state index contributed by atoms with van der Waals surface area (Å²) in [5.74, 6) is 5.67. The molecule has 1 atom stereocenters. The van der Waals surface area contributed by atoms with Crippen molar-refractivity contribution in [3.05, 3.63) is 38.3 Å². The van der Waals surface area contributed by atoms with Gasteiger partial charge >= 0.3 is 5.69 Å². The zero-order valence-electron chi connectivity index (χ0n) is 15.6. The van der Waals surface area contributed by atoms with Gasteiger partial charge in [0.2, 0.25) is 0 Å². The van der Waals surface area contributed by atoms with Crippen molar-refractivity contribution in [2.24, 2.45) is 11.7 Å². The highest BCUT2D eigenvalue weighted by atomic mass is 19.1. The van der Waals surface area contributed by atoms with Gasteiger partial charge < -0.3 is 16.5 Å². The number of fused-ring (bicyclic) bond motifs is 1. The molecule has 2 aromatic rings. The Morgan fingerprint density at radius 2 is 2.00 bits per heavy atom. The first kappa shape index (κ1) is 18.0. The second kappa shape index (κ2) is 6.67. The van der Waals surface area contributed by atoms with E-state index in [1.54, 1.807) is 11.5 Å². The fraction of sp³-hybridized carbons (Fsp3) is 0.579. The number of piperidine rings is 1. The van der Waals surface area contributed by atoms with Crippen molar-refractivity contribution in [3.8, 4) is 0 Å². The Hall–Kier alpha value is -2.35. The van der Waals surface area contributed by atoms with Gasteiger partial charge in [0.15, 0.2) is 0 Å². The first-order chi connectivity index (χ1) is 12.9. The Kier molecular flexibility index (Phi) is 4.46. The summed E-state index contributed by atoms with van der Waals surface area (Å²) in [5.41, 5.74) is 6.17. The molecule has 4 N–H and O–H groups in total. The van der Waals surface area contributed by atoms with Crippen LogP contribution in [0, 0.1) is 18.7 Å². The zero-order valence-corrected chi connectivity index (χ0v) is 15.6. The summed E-state index contributed by atoms with van der Waals surface area (Å²) in [5, 5.41) is 0.165. The number of halogens is 1. The summed E-state index contributed by atoms with van der Waals surface area (Å²) in [6.45, 7) is 3.91. The molecule has 0 radical (unpaired) electrons. The number of rotatable bonds is 4. The van der Waals surface area contributed by atoms with Crippen LogP contribution in [0.3, 0.4) is 0 Å². The first-order valence-electron chi connectivity index (χ1n) is 9.64. The number of hydrogen-bond acceptors (Lipinski definition) is 5. The van der Waals surface area contributed by atoms with Crippen molar-refractivity contribution in [3.63, 3.8) is 0 Å². The minimum Gasteiger partial charge on any atom is -0.369 e. The predicted molar refractivity (Wildman–Crippen MR) is 104 cm³/mol. The maximum atomic E-state index is 15.1. The highest BCUT2D eigenvalue weighted by molar-refractivity contribution is 5.87. The van der Waals surface area contributed by atoms with E-state index in [0.29, 0.717) is 33.9 Å². The van der Waals surface area contributed by atoms with Crippen molar-refractivity contribution in [1.29, 1.82) is 0 Å². The maximum absolute atomic E-state index is 15.1. The largest absolute Gasteiger partial charge is 0.369 e. The minimum absolute atomic E-state index is 0.0266. The summed E-state index contributed by atoms with van der Waals surface area (Å²) in [7, 11) is 0. The molecule has 1 aromatic carbocycles. The number of nitrogens with zero attached hydrogens (tertiary/aromatic N) is 3. The van der Waals surface area contributed by atoms with Crippen molar-refractivity contribution in [1.82, 2.24) is 9.24 Å². The van der Waals surface area contributed by atoms with Crippen molar-refractivity contribution < 1.29 is 4.39 Å². The Bertz CT molecular complexity index is 1010. The fourth-order valence-electron chi connectivity index (χ4n) is 4.46. The molecule has 0 bridgehead atoms. The molecule has 0 amide bonds. The fourth-order valence-corrected chi connectivity index (χ4v) is 4.46. The van der Waals surface area contributed by atoms with Crippen LogP contribution in [0.25, 0.3) is 10.9 Å². The Balaban J connectivity index is 1.93. The van der Waals surface area contributed by atoms with E-state index in [9.17, 15) is 9.59 Å². The molecular formula is C19H26FN5O2. The van der Waals surface area contributed by atoms with Crippen molar-refractivity contribution >= 4 is 16.6 Å². The van der Waals surface area contributed by atoms with Crippen LogP contribution < -0.4 is 27.7 Å². The van der Waals surface area contributed by atoms with Gasteiger partial charge in [0, 0.05) is 24.7 Å². The molecule has 1 aliphatic carbocycles. The lowest BCUT2D eigenvalue weighted by molar-refractivity contribution is 0.393. The second-order valence-corrected chi connectivity index (χ2v) is 7.82. The third-order valence-electron chi connectivity index (χ3n) is 5.89. The number of nitrogens with two attached hydrogens (primary N) is 2. The number of nitrogen functional groups attached to an aromatic ring is 1. The highest BCUT2D eigenvalue weighted by Gasteiger charge is 2.31. The van der Waals surface area contributed by atoms with Gasteiger partial charge in [0.05, 0.1) is 16.6 Å². The van der Waals surface area contributed by atoms with E-state index in [1.807, 2.05) is 4.90 Å². The van der Waals surface area contributed by atoms with Gasteiger partial charge in [0.1, 0.15) is 5.82 Å². The van der Waals surface area contributed by atoms with Crippen LogP contribution in [0.15, 0.2) is 15.7 Å². The molecule has 1 unspecified atom stereocenters. The van der Waals surface area contributed by atoms with Gasteiger partial charge in [0.25, 0.3) is 5.56 Å². The van der Waals surface area contributed by atoms with E-state index in [1.165, 1.54) is 6.07 Å². The number of hydrogen-bond donors (Lipinski definition) is 2. The van der Waals surface area contributed by atoms with Gasteiger partial charge in [-0.05, 0) is 57.6 Å². The molecule has 7 nitrogen and oxygen atoms in total. The molecule has 1 aliphatic heterocycles. The molecule has 2 fully saturated rings. The SMILES string of the molecule is Cc1c(N2CCCC(CCN)C2)c(F)cc2c(=O)n(N)c(=O)n(C3CC3)c12. The topological polar surface area (TPSA) is 99.3 Å². The lowest BCUT2D eigenvalue weighted by Crippen LogP contribution is -2.45. The van der Waals surface area contributed by atoms with Crippen LogP contribution in [-0.4, -0.2) is 28.9 Å². The molecular weight excluding hydrogens is 349 g/mol. The summed E-state index contributed by atoms with van der Waals surface area (Å²) in [6.07, 6.45) is 4.70. The van der Waals surface area contributed by atoms with Crippen LogP contribution >= 0.6 is 0 Å². The van der Waals surface area contributed by atoms with Gasteiger partial charge in [-0.3, -0.25) is 9.36 Å². The van der Waals surface area contributed by atoms with Gasteiger partial charge in [-0.15, -0.1) is 0 Å². The van der Waals surface area contributed by atoms with E-state index in [4.69, 9.17) is 11.6 Å². The molecule has 8 heteroatoms. The van der Waals surface area contributed by atoms with Crippen LogP contribution in [0.5, 0.6) is 0 Å². The number of anilines is 1. The number of aromatic nitrogens is 2. The molecule has 146 valence electrons. The molecule has 4 rings (SSSR count).